The summed E-state index contributed by atoms with van der Waals surface area (Å²) < 4.78 is 2.22. The molecule has 1 aliphatic rings. The Morgan fingerprint density at radius 3 is 2.79 bits per heavy atom. The zero-order valence-electron chi connectivity index (χ0n) is 15.9. The summed E-state index contributed by atoms with van der Waals surface area (Å²) in [6.45, 7) is 8.70. The van der Waals surface area contributed by atoms with E-state index >= 15 is 0 Å². The smallest absolute Gasteiger partial charge is 0.264 e. The normalized spacial score (nSPS) is 16.9. The summed E-state index contributed by atoms with van der Waals surface area (Å²) in [4.78, 5) is 17.7. The van der Waals surface area contributed by atoms with Gasteiger partial charge in [-0.05, 0) is 55.4 Å². The van der Waals surface area contributed by atoms with Gasteiger partial charge in [-0.15, -0.1) is 6.58 Å². The number of rotatable bonds is 4. The Morgan fingerprint density at radius 1 is 1.18 bits per heavy atom. The van der Waals surface area contributed by atoms with Crippen molar-refractivity contribution in [2.75, 3.05) is 0 Å². The number of nitrogens with one attached hydrogen (secondary N) is 1. The molecule has 28 heavy (non-hydrogen) atoms. The van der Waals surface area contributed by atoms with Crippen LogP contribution in [0.5, 0.6) is 0 Å². The molecule has 1 saturated heterocycles. The molecule has 4 nitrogen and oxygen atoms in total. The number of aliphatic imine (C=N–C) groups is 1. The van der Waals surface area contributed by atoms with E-state index in [0.29, 0.717) is 10.1 Å². The van der Waals surface area contributed by atoms with Crippen LogP contribution in [0.3, 0.4) is 0 Å². The van der Waals surface area contributed by atoms with Crippen LogP contribution in [0.2, 0.25) is 0 Å². The lowest BCUT2D eigenvalue weighted by Gasteiger charge is -2.04. The van der Waals surface area contributed by atoms with Crippen LogP contribution in [0.15, 0.2) is 71.1 Å². The summed E-state index contributed by atoms with van der Waals surface area (Å²) >= 11 is 1.38. The SMILES string of the molecule is C=CCn1c(C)c(/C=C2\SC(=Nc3cccc(C)c3)NC2=O)c2ccccc21. The fourth-order valence-corrected chi connectivity index (χ4v) is 4.25. The molecule has 140 valence electrons. The number of amides is 1. The minimum absolute atomic E-state index is 0.114. The van der Waals surface area contributed by atoms with E-state index in [1.54, 1.807) is 0 Å². The lowest BCUT2D eigenvalue weighted by atomic mass is 10.1. The highest BCUT2D eigenvalue weighted by Gasteiger charge is 2.25. The summed E-state index contributed by atoms with van der Waals surface area (Å²) in [6, 6.07) is 16.2. The van der Waals surface area contributed by atoms with E-state index in [1.165, 1.54) is 11.8 Å². The predicted molar refractivity (Wildman–Crippen MR) is 119 cm³/mol. The first-order chi connectivity index (χ1) is 13.6. The maximum absolute atomic E-state index is 12.5. The van der Waals surface area contributed by atoms with Gasteiger partial charge in [-0.2, -0.15) is 0 Å². The number of nitrogens with zero attached hydrogens (tertiary/aromatic N) is 2. The fourth-order valence-electron chi connectivity index (χ4n) is 3.43. The molecular formula is C23H21N3OS. The molecule has 0 spiro atoms. The van der Waals surface area contributed by atoms with E-state index in [1.807, 2.05) is 55.5 Å². The first-order valence-corrected chi connectivity index (χ1v) is 9.93. The highest BCUT2D eigenvalue weighted by molar-refractivity contribution is 8.18. The van der Waals surface area contributed by atoms with Gasteiger partial charge in [-0.1, -0.05) is 36.4 Å². The van der Waals surface area contributed by atoms with Crippen LogP contribution in [0.25, 0.3) is 17.0 Å². The molecule has 1 fully saturated rings. The molecule has 1 amide bonds. The van der Waals surface area contributed by atoms with Gasteiger partial charge < -0.3 is 9.88 Å². The molecule has 0 atom stereocenters. The van der Waals surface area contributed by atoms with Crippen LogP contribution in [-0.2, 0) is 11.3 Å². The molecule has 2 heterocycles. The lowest BCUT2D eigenvalue weighted by molar-refractivity contribution is -0.115. The average Bonchev–Trinajstić information content (AvgIpc) is 3.14. The Labute approximate surface area is 168 Å². The molecular weight excluding hydrogens is 366 g/mol. The number of hydrogen-bond acceptors (Lipinski definition) is 3. The van der Waals surface area contributed by atoms with Crippen molar-refractivity contribution < 1.29 is 4.79 Å². The Bertz CT molecular complexity index is 1150. The van der Waals surface area contributed by atoms with Gasteiger partial charge in [0, 0.05) is 28.7 Å². The second-order valence-corrected chi connectivity index (χ2v) is 7.77. The number of hydrogen-bond donors (Lipinski definition) is 1. The first kappa shape index (κ1) is 18.3. The van der Waals surface area contributed by atoms with Crippen molar-refractivity contribution in [1.29, 1.82) is 0 Å². The van der Waals surface area contributed by atoms with Gasteiger partial charge in [-0.3, -0.25) is 4.79 Å². The van der Waals surface area contributed by atoms with Crippen LogP contribution in [0.4, 0.5) is 5.69 Å². The molecule has 0 saturated carbocycles. The van der Waals surface area contributed by atoms with E-state index in [9.17, 15) is 4.79 Å². The van der Waals surface area contributed by atoms with Gasteiger partial charge >= 0.3 is 0 Å². The molecule has 0 unspecified atom stereocenters. The first-order valence-electron chi connectivity index (χ1n) is 9.12. The van der Waals surface area contributed by atoms with Crippen LogP contribution >= 0.6 is 11.8 Å². The molecule has 0 aliphatic carbocycles. The van der Waals surface area contributed by atoms with Crippen molar-refractivity contribution in [2.24, 2.45) is 4.99 Å². The van der Waals surface area contributed by atoms with Crippen LogP contribution in [0, 0.1) is 13.8 Å². The van der Waals surface area contributed by atoms with Gasteiger partial charge in [0.15, 0.2) is 5.17 Å². The van der Waals surface area contributed by atoms with E-state index in [-0.39, 0.29) is 5.91 Å². The number of allylic oxidation sites excluding steroid dienone is 1. The molecule has 1 N–H and O–H groups in total. The Hall–Kier alpha value is -3.05. The monoisotopic (exact) mass is 387 g/mol. The predicted octanol–water partition coefficient (Wildman–Crippen LogP) is 5.34. The molecule has 3 aromatic rings. The quantitative estimate of drug-likeness (QED) is 0.485. The third-order valence-electron chi connectivity index (χ3n) is 4.75. The molecule has 5 heteroatoms. The maximum Gasteiger partial charge on any atom is 0.264 e. The Morgan fingerprint density at radius 2 is 2.00 bits per heavy atom. The van der Waals surface area contributed by atoms with E-state index < -0.39 is 0 Å². The maximum atomic E-state index is 12.5. The van der Waals surface area contributed by atoms with Crippen molar-refractivity contribution in [2.45, 2.75) is 20.4 Å². The largest absolute Gasteiger partial charge is 0.340 e. The topological polar surface area (TPSA) is 46.4 Å². The minimum Gasteiger partial charge on any atom is -0.340 e. The number of carbonyl (C=O) groups excluding carboxylic acids is 1. The highest BCUT2D eigenvalue weighted by atomic mass is 32.2. The van der Waals surface area contributed by atoms with Crippen molar-refractivity contribution in [1.82, 2.24) is 9.88 Å². The zero-order chi connectivity index (χ0) is 19.7. The number of thioether (sulfide) groups is 1. The summed E-state index contributed by atoms with van der Waals surface area (Å²) in [7, 11) is 0. The van der Waals surface area contributed by atoms with Gasteiger partial charge in [0.1, 0.15) is 0 Å². The Kier molecular flexibility index (Phi) is 4.92. The van der Waals surface area contributed by atoms with Crippen LogP contribution in [0.1, 0.15) is 16.8 Å². The molecule has 0 bridgehead atoms. The number of aromatic nitrogens is 1. The standard InChI is InChI=1S/C23H21N3OS/c1-4-12-26-16(3)19(18-10-5-6-11-20(18)26)14-21-22(27)25-23(28-21)24-17-9-7-8-15(2)13-17/h4-11,13-14H,1,12H2,2-3H3,(H,24,25,27)/b21-14-. The third kappa shape index (κ3) is 3.41. The number of carbonyl (C=O) groups is 1. The molecule has 4 rings (SSSR count). The van der Waals surface area contributed by atoms with Crippen molar-refractivity contribution in [3.63, 3.8) is 0 Å². The van der Waals surface area contributed by atoms with Gasteiger partial charge in [0.05, 0.1) is 10.6 Å². The fraction of sp³-hybridized carbons (Fsp3) is 0.130. The second kappa shape index (κ2) is 7.52. The van der Waals surface area contributed by atoms with E-state index in [2.05, 4.69) is 40.5 Å². The number of amidine groups is 1. The van der Waals surface area contributed by atoms with Gasteiger partial charge in [0.25, 0.3) is 5.91 Å². The second-order valence-electron chi connectivity index (χ2n) is 6.74. The van der Waals surface area contributed by atoms with Gasteiger partial charge in [-0.25, -0.2) is 4.99 Å². The zero-order valence-corrected chi connectivity index (χ0v) is 16.7. The Balaban J connectivity index is 1.73. The lowest BCUT2D eigenvalue weighted by Crippen LogP contribution is -2.19. The molecule has 0 radical (unpaired) electrons. The van der Waals surface area contributed by atoms with Crippen molar-refractivity contribution in [3.8, 4) is 0 Å². The van der Waals surface area contributed by atoms with Crippen LogP contribution in [-0.4, -0.2) is 15.6 Å². The number of fused-ring (bicyclic) bond motifs is 1. The summed E-state index contributed by atoms with van der Waals surface area (Å²) in [5.74, 6) is -0.114. The van der Waals surface area contributed by atoms with Crippen molar-refractivity contribution >= 4 is 45.5 Å². The summed E-state index contributed by atoms with van der Waals surface area (Å²) in [5.41, 5.74) is 5.29. The average molecular weight is 388 g/mol. The molecule has 2 aromatic carbocycles. The van der Waals surface area contributed by atoms with Crippen molar-refractivity contribution in [3.05, 3.63) is 82.9 Å². The highest BCUT2D eigenvalue weighted by Crippen LogP contribution is 2.33. The van der Waals surface area contributed by atoms with Gasteiger partial charge in [0.2, 0.25) is 0 Å². The summed E-state index contributed by atoms with van der Waals surface area (Å²) in [6.07, 6.45) is 3.86. The summed E-state index contributed by atoms with van der Waals surface area (Å²) in [5, 5.41) is 4.61. The number of aryl methyl sites for hydroxylation is 1. The van der Waals surface area contributed by atoms with E-state index in [0.717, 1.165) is 40.0 Å². The number of para-hydroxylation sites is 1. The van der Waals surface area contributed by atoms with E-state index in [4.69, 9.17) is 0 Å². The number of benzene rings is 2. The molecule has 1 aromatic heterocycles. The minimum atomic E-state index is -0.114. The molecule has 1 aliphatic heterocycles. The van der Waals surface area contributed by atoms with Crippen LogP contribution < -0.4 is 5.32 Å². The third-order valence-corrected chi connectivity index (χ3v) is 5.66.